The molecule has 0 spiro atoms. The summed E-state index contributed by atoms with van der Waals surface area (Å²) in [4.78, 5) is 29.2. The van der Waals surface area contributed by atoms with Crippen LogP contribution in [-0.2, 0) is 9.57 Å². The van der Waals surface area contributed by atoms with Crippen LogP contribution in [0.15, 0.2) is 0 Å². The van der Waals surface area contributed by atoms with Crippen molar-refractivity contribution in [3.8, 4) is 0 Å². The van der Waals surface area contributed by atoms with Crippen LogP contribution >= 0.6 is 11.6 Å². The molecule has 0 N–H and O–H groups in total. The number of ether oxygens (including phenoxy) is 1. The van der Waals surface area contributed by atoms with E-state index >= 15 is 0 Å². The predicted molar refractivity (Wildman–Crippen MR) is 104 cm³/mol. The number of carbonyl (C=O) groups excluding carboxylic acids is 1. The van der Waals surface area contributed by atoms with Crippen molar-refractivity contribution in [1.29, 1.82) is 0 Å². The summed E-state index contributed by atoms with van der Waals surface area (Å²) in [6, 6.07) is 0.273. The summed E-state index contributed by atoms with van der Waals surface area (Å²) in [5.41, 5.74) is -0.0325. The maximum Gasteiger partial charge on any atom is 0.358 e. The fourth-order valence-corrected chi connectivity index (χ4v) is 3.62. The van der Waals surface area contributed by atoms with Crippen LogP contribution < -0.4 is 4.90 Å². The molecule has 2 fully saturated rings. The molecular formula is C19H29ClN4O3. The minimum atomic E-state index is -0.521. The van der Waals surface area contributed by atoms with Crippen molar-refractivity contribution in [2.75, 3.05) is 32.1 Å². The first kappa shape index (κ1) is 20.3. The van der Waals surface area contributed by atoms with Crippen molar-refractivity contribution in [3.05, 3.63) is 16.5 Å². The first-order valence-corrected chi connectivity index (χ1v) is 9.90. The smallest absolute Gasteiger partial charge is 0.358 e. The second kappa shape index (κ2) is 7.89. The van der Waals surface area contributed by atoms with Crippen LogP contribution in [0.3, 0.4) is 0 Å². The summed E-state index contributed by atoms with van der Waals surface area (Å²) >= 11 is 6.51. The highest BCUT2D eigenvalue weighted by Gasteiger charge is 2.33. The standard InChI is InChI=1S/C19H29ClN4O3/c1-19(2,3)27-24-10-8-13(9-11-24)23(4)17-14(20)15(18(25)26-5)21-16(22-17)12-6-7-12/h12-13H,6-11H2,1-5H3. The van der Waals surface area contributed by atoms with E-state index in [-0.39, 0.29) is 22.4 Å². The maximum atomic E-state index is 12.1. The van der Waals surface area contributed by atoms with Crippen molar-refractivity contribution >= 4 is 23.4 Å². The van der Waals surface area contributed by atoms with Gasteiger partial charge in [-0.15, -0.1) is 0 Å². The Hall–Kier alpha value is -1.44. The predicted octanol–water partition coefficient (Wildman–Crippen LogP) is 3.42. The van der Waals surface area contributed by atoms with Gasteiger partial charge in [0.05, 0.1) is 12.7 Å². The largest absolute Gasteiger partial charge is 0.464 e. The number of hydroxylamine groups is 2. The van der Waals surface area contributed by atoms with E-state index < -0.39 is 5.97 Å². The van der Waals surface area contributed by atoms with Gasteiger partial charge in [-0.2, -0.15) is 5.06 Å². The minimum absolute atomic E-state index is 0.159. The van der Waals surface area contributed by atoms with Gasteiger partial charge in [-0.25, -0.2) is 14.8 Å². The number of piperidine rings is 1. The van der Waals surface area contributed by atoms with Gasteiger partial charge in [0.15, 0.2) is 11.5 Å². The number of rotatable bonds is 5. The highest BCUT2D eigenvalue weighted by Crippen LogP contribution is 2.40. The van der Waals surface area contributed by atoms with Gasteiger partial charge in [0.1, 0.15) is 10.8 Å². The van der Waals surface area contributed by atoms with Crippen LogP contribution in [0.5, 0.6) is 0 Å². The van der Waals surface area contributed by atoms with E-state index in [9.17, 15) is 4.79 Å². The summed E-state index contributed by atoms with van der Waals surface area (Å²) in [6.45, 7) is 7.85. The van der Waals surface area contributed by atoms with E-state index in [0.29, 0.717) is 17.6 Å². The number of aromatic nitrogens is 2. The molecule has 3 rings (SSSR count). The van der Waals surface area contributed by atoms with Crippen LogP contribution in [-0.4, -0.2) is 59.9 Å². The molecule has 1 aromatic heterocycles. The van der Waals surface area contributed by atoms with E-state index in [0.717, 1.165) is 38.8 Å². The zero-order chi connectivity index (χ0) is 19.8. The molecule has 1 saturated carbocycles. The van der Waals surface area contributed by atoms with Gasteiger partial charge < -0.3 is 9.64 Å². The highest BCUT2D eigenvalue weighted by molar-refractivity contribution is 6.35. The third-order valence-electron chi connectivity index (χ3n) is 4.88. The molecule has 7 nitrogen and oxygen atoms in total. The average Bonchev–Trinajstić information content (AvgIpc) is 3.45. The molecule has 0 bridgehead atoms. The van der Waals surface area contributed by atoms with E-state index in [4.69, 9.17) is 26.2 Å². The van der Waals surface area contributed by atoms with Crippen LogP contribution in [0.4, 0.5) is 5.82 Å². The fourth-order valence-electron chi connectivity index (χ4n) is 3.32. The van der Waals surface area contributed by atoms with Crippen molar-refractivity contribution in [1.82, 2.24) is 15.0 Å². The molecule has 1 aliphatic heterocycles. The Kier molecular flexibility index (Phi) is 5.93. The Morgan fingerprint density at radius 3 is 2.33 bits per heavy atom. The normalized spacial score (nSPS) is 19.2. The maximum absolute atomic E-state index is 12.1. The molecule has 8 heteroatoms. The van der Waals surface area contributed by atoms with Crippen molar-refractivity contribution in [3.63, 3.8) is 0 Å². The number of carbonyl (C=O) groups is 1. The summed E-state index contributed by atoms with van der Waals surface area (Å²) in [5.74, 6) is 1.10. The number of nitrogens with zero attached hydrogens (tertiary/aromatic N) is 4. The Labute approximate surface area is 165 Å². The summed E-state index contributed by atoms with van der Waals surface area (Å²) in [7, 11) is 3.32. The van der Waals surface area contributed by atoms with Gasteiger partial charge in [-0.3, -0.25) is 4.84 Å². The SMILES string of the molecule is COC(=O)c1nc(C2CC2)nc(N(C)C2CCN(OC(C)(C)C)CC2)c1Cl. The third kappa shape index (κ3) is 4.89. The molecule has 1 saturated heterocycles. The van der Waals surface area contributed by atoms with Gasteiger partial charge >= 0.3 is 5.97 Å². The van der Waals surface area contributed by atoms with E-state index in [1.54, 1.807) is 0 Å². The van der Waals surface area contributed by atoms with Gasteiger partial charge in [0, 0.05) is 32.1 Å². The monoisotopic (exact) mass is 396 g/mol. The van der Waals surface area contributed by atoms with E-state index in [2.05, 4.69) is 30.7 Å². The average molecular weight is 397 g/mol. The Morgan fingerprint density at radius 2 is 1.81 bits per heavy atom. The lowest BCUT2D eigenvalue weighted by atomic mass is 10.0. The summed E-state index contributed by atoms with van der Waals surface area (Å²) in [6.07, 6.45) is 3.96. The van der Waals surface area contributed by atoms with Crippen LogP contribution in [0.1, 0.15) is 68.7 Å². The lowest BCUT2D eigenvalue weighted by Gasteiger charge is -2.39. The molecule has 0 unspecified atom stereocenters. The molecule has 1 aromatic rings. The van der Waals surface area contributed by atoms with Crippen LogP contribution in [0.2, 0.25) is 5.02 Å². The molecule has 150 valence electrons. The molecule has 1 aliphatic carbocycles. The van der Waals surface area contributed by atoms with Gasteiger partial charge in [0.25, 0.3) is 0 Å². The Bertz CT molecular complexity index is 695. The second-order valence-corrected chi connectivity index (χ2v) is 8.69. The van der Waals surface area contributed by atoms with Gasteiger partial charge in [0.2, 0.25) is 0 Å². The summed E-state index contributed by atoms with van der Waals surface area (Å²) < 4.78 is 4.86. The number of halogens is 1. The lowest BCUT2D eigenvalue weighted by Crippen LogP contribution is -2.46. The first-order chi connectivity index (χ1) is 12.7. The van der Waals surface area contributed by atoms with Gasteiger partial charge in [-0.1, -0.05) is 11.6 Å². The number of methoxy groups -OCH3 is 1. The molecule has 0 aromatic carbocycles. The van der Waals surface area contributed by atoms with E-state index in [1.165, 1.54) is 7.11 Å². The number of esters is 1. The number of anilines is 1. The fraction of sp³-hybridized carbons (Fsp3) is 0.737. The Balaban J connectivity index is 1.77. The highest BCUT2D eigenvalue weighted by atomic mass is 35.5. The number of hydrogen-bond acceptors (Lipinski definition) is 7. The molecule has 0 amide bonds. The van der Waals surface area contributed by atoms with Crippen molar-refractivity contribution in [2.24, 2.45) is 0 Å². The third-order valence-corrected chi connectivity index (χ3v) is 5.23. The van der Waals surface area contributed by atoms with Crippen molar-refractivity contribution in [2.45, 2.75) is 64.0 Å². The molecule has 27 heavy (non-hydrogen) atoms. The zero-order valence-electron chi connectivity index (χ0n) is 16.8. The van der Waals surface area contributed by atoms with Crippen LogP contribution in [0.25, 0.3) is 0 Å². The van der Waals surface area contributed by atoms with Gasteiger partial charge in [-0.05, 0) is 46.5 Å². The molecule has 2 aliphatic rings. The lowest BCUT2D eigenvalue weighted by molar-refractivity contribution is -0.236. The molecular weight excluding hydrogens is 368 g/mol. The molecule has 0 atom stereocenters. The molecule has 0 radical (unpaired) electrons. The first-order valence-electron chi connectivity index (χ1n) is 9.52. The second-order valence-electron chi connectivity index (χ2n) is 8.31. The minimum Gasteiger partial charge on any atom is -0.464 e. The topological polar surface area (TPSA) is 67.8 Å². The quantitative estimate of drug-likeness (QED) is 0.706. The summed E-state index contributed by atoms with van der Waals surface area (Å²) in [5, 5.41) is 2.30. The Morgan fingerprint density at radius 1 is 1.19 bits per heavy atom. The molecule has 2 heterocycles. The van der Waals surface area contributed by atoms with Crippen molar-refractivity contribution < 1.29 is 14.4 Å². The van der Waals surface area contributed by atoms with E-state index in [1.807, 2.05) is 12.1 Å². The van der Waals surface area contributed by atoms with Crippen LogP contribution in [0, 0.1) is 0 Å². The number of hydrogen-bond donors (Lipinski definition) is 0. The zero-order valence-corrected chi connectivity index (χ0v) is 17.5.